The number of hydrogen-bond acceptors (Lipinski definition) is 6. The van der Waals surface area contributed by atoms with Gasteiger partial charge in [-0.2, -0.15) is 0 Å². The maximum Gasteiger partial charge on any atom is 0.306 e. The minimum Gasteiger partial charge on any atom is -0.462 e. The summed E-state index contributed by atoms with van der Waals surface area (Å²) in [7, 11) is 0. The summed E-state index contributed by atoms with van der Waals surface area (Å²) in [6.07, 6.45) is 58.0. The maximum absolute atomic E-state index is 12.9. The summed E-state index contributed by atoms with van der Waals surface area (Å²) in [6, 6.07) is 0. The predicted molar refractivity (Wildman–Crippen MR) is 289 cm³/mol. The molecule has 0 aromatic rings. The monoisotopic (exact) mass is 947 g/mol. The molecule has 6 heteroatoms. The van der Waals surface area contributed by atoms with Gasteiger partial charge in [-0.25, -0.2) is 0 Å². The van der Waals surface area contributed by atoms with Crippen molar-refractivity contribution in [3.8, 4) is 0 Å². The van der Waals surface area contributed by atoms with Crippen LogP contribution in [-0.2, 0) is 28.6 Å². The molecule has 0 aromatic carbocycles. The number of hydrogen-bond donors (Lipinski definition) is 0. The Balaban J connectivity index is 4.29. The number of carbonyl (C=O) groups excluding carboxylic acids is 3. The molecule has 0 saturated carbocycles. The third-order valence-electron chi connectivity index (χ3n) is 14.7. The molecule has 0 aliphatic rings. The Bertz CT molecular complexity index is 1030. The van der Waals surface area contributed by atoms with Gasteiger partial charge in [0.25, 0.3) is 0 Å². The molecule has 3 atom stereocenters. The van der Waals surface area contributed by atoms with Crippen LogP contribution in [0, 0.1) is 11.8 Å². The molecular formula is C61H118O6. The number of ether oxygens (including phenoxy) is 3. The summed E-state index contributed by atoms with van der Waals surface area (Å²) < 4.78 is 16.9. The molecule has 0 saturated heterocycles. The van der Waals surface area contributed by atoms with Gasteiger partial charge in [0, 0.05) is 19.3 Å². The van der Waals surface area contributed by atoms with Crippen molar-refractivity contribution < 1.29 is 28.6 Å². The number of rotatable bonds is 55. The molecule has 0 aliphatic carbocycles. The molecular weight excluding hydrogens is 829 g/mol. The number of unbranched alkanes of at least 4 members (excludes halogenated alkanes) is 38. The molecule has 0 bridgehead atoms. The zero-order chi connectivity index (χ0) is 48.9. The lowest BCUT2D eigenvalue weighted by Crippen LogP contribution is -2.30. The van der Waals surface area contributed by atoms with Crippen molar-refractivity contribution in [2.75, 3.05) is 13.2 Å². The van der Waals surface area contributed by atoms with Crippen molar-refractivity contribution in [3.05, 3.63) is 0 Å². The van der Waals surface area contributed by atoms with E-state index in [1.54, 1.807) is 0 Å². The van der Waals surface area contributed by atoms with Gasteiger partial charge in [0.15, 0.2) is 6.10 Å². The van der Waals surface area contributed by atoms with Gasteiger partial charge in [0.1, 0.15) is 13.2 Å². The minimum absolute atomic E-state index is 0.0625. The summed E-state index contributed by atoms with van der Waals surface area (Å²) in [4.78, 5) is 38.2. The second-order valence-electron chi connectivity index (χ2n) is 21.5. The van der Waals surface area contributed by atoms with Gasteiger partial charge >= 0.3 is 17.9 Å². The van der Waals surface area contributed by atoms with E-state index in [0.29, 0.717) is 19.3 Å². The van der Waals surface area contributed by atoms with Gasteiger partial charge in [-0.3, -0.25) is 14.4 Å². The average molecular weight is 948 g/mol. The van der Waals surface area contributed by atoms with Crippen LogP contribution >= 0.6 is 0 Å². The van der Waals surface area contributed by atoms with E-state index in [1.165, 1.54) is 231 Å². The van der Waals surface area contributed by atoms with E-state index in [9.17, 15) is 14.4 Å². The Morgan fingerprint density at radius 1 is 0.299 bits per heavy atom. The first-order chi connectivity index (χ1) is 32.8. The Morgan fingerprint density at radius 3 is 0.776 bits per heavy atom. The molecule has 0 heterocycles. The second kappa shape index (κ2) is 53.8. The van der Waals surface area contributed by atoms with E-state index in [4.69, 9.17) is 14.2 Å². The fourth-order valence-corrected chi connectivity index (χ4v) is 9.34. The lowest BCUT2D eigenvalue weighted by Gasteiger charge is -2.18. The van der Waals surface area contributed by atoms with Gasteiger partial charge in [0.2, 0.25) is 0 Å². The van der Waals surface area contributed by atoms with Crippen LogP contribution in [0.4, 0.5) is 0 Å². The van der Waals surface area contributed by atoms with E-state index in [1.807, 2.05) is 0 Å². The summed E-state index contributed by atoms with van der Waals surface area (Å²) in [5.41, 5.74) is 0. The molecule has 0 radical (unpaired) electrons. The van der Waals surface area contributed by atoms with Crippen molar-refractivity contribution in [1.82, 2.24) is 0 Å². The van der Waals surface area contributed by atoms with E-state index >= 15 is 0 Å². The quantitative estimate of drug-likeness (QED) is 0.0343. The lowest BCUT2D eigenvalue weighted by atomic mass is 9.99. The first-order valence-electron chi connectivity index (χ1n) is 30.3. The fourth-order valence-electron chi connectivity index (χ4n) is 9.34. The highest BCUT2D eigenvalue weighted by molar-refractivity contribution is 5.71. The largest absolute Gasteiger partial charge is 0.462 e. The van der Waals surface area contributed by atoms with E-state index in [0.717, 1.165) is 69.6 Å². The Labute approximate surface area is 418 Å². The molecule has 0 amide bonds. The van der Waals surface area contributed by atoms with Crippen molar-refractivity contribution in [1.29, 1.82) is 0 Å². The van der Waals surface area contributed by atoms with Crippen LogP contribution < -0.4 is 0 Å². The normalized spacial score (nSPS) is 12.9. The molecule has 67 heavy (non-hydrogen) atoms. The molecule has 2 unspecified atom stereocenters. The van der Waals surface area contributed by atoms with Crippen molar-refractivity contribution in [2.45, 2.75) is 349 Å². The summed E-state index contributed by atoms with van der Waals surface area (Å²) in [5, 5.41) is 0. The van der Waals surface area contributed by atoms with Gasteiger partial charge in [-0.05, 0) is 31.1 Å². The highest BCUT2D eigenvalue weighted by Crippen LogP contribution is 2.19. The molecule has 0 aromatic heterocycles. The van der Waals surface area contributed by atoms with Gasteiger partial charge in [-0.1, -0.05) is 304 Å². The first kappa shape index (κ1) is 65.4. The first-order valence-corrected chi connectivity index (χ1v) is 30.3. The zero-order valence-electron chi connectivity index (χ0n) is 46.0. The molecule has 0 spiro atoms. The van der Waals surface area contributed by atoms with Crippen molar-refractivity contribution in [3.63, 3.8) is 0 Å². The van der Waals surface area contributed by atoms with Crippen LogP contribution in [0.25, 0.3) is 0 Å². The van der Waals surface area contributed by atoms with Crippen LogP contribution in [-0.4, -0.2) is 37.2 Å². The number of esters is 3. The van der Waals surface area contributed by atoms with Gasteiger partial charge in [0.05, 0.1) is 0 Å². The average Bonchev–Trinajstić information content (AvgIpc) is 3.33. The maximum atomic E-state index is 12.9. The lowest BCUT2D eigenvalue weighted by molar-refractivity contribution is -0.167. The van der Waals surface area contributed by atoms with E-state index in [2.05, 4.69) is 34.6 Å². The molecule has 6 nitrogen and oxygen atoms in total. The van der Waals surface area contributed by atoms with Crippen molar-refractivity contribution >= 4 is 17.9 Å². The Hall–Kier alpha value is -1.59. The van der Waals surface area contributed by atoms with E-state index < -0.39 is 6.10 Å². The number of carbonyl (C=O) groups is 3. The molecule has 0 aliphatic heterocycles. The second-order valence-corrected chi connectivity index (χ2v) is 21.5. The standard InChI is InChI=1S/C61H118O6/c1-6-9-10-11-12-13-14-15-16-17-18-22-25-31-36-41-46-51-59(62)65-54-58(67-61(64)53-48-43-38-33-28-27-30-35-40-45-50-57(5)8-3)55-66-60(63)52-47-42-37-32-26-23-20-19-21-24-29-34-39-44-49-56(4)7-2/h56-58H,6-55H2,1-5H3/t56?,57?,58-/m1/s1. The highest BCUT2D eigenvalue weighted by Gasteiger charge is 2.19. The van der Waals surface area contributed by atoms with E-state index in [-0.39, 0.29) is 31.1 Å². The molecule has 398 valence electrons. The van der Waals surface area contributed by atoms with Gasteiger partial charge in [-0.15, -0.1) is 0 Å². The van der Waals surface area contributed by atoms with Crippen LogP contribution in [0.1, 0.15) is 343 Å². The summed E-state index contributed by atoms with van der Waals surface area (Å²) in [5.74, 6) is 0.926. The molecule has 0 N–H and O–H groups in total. The van der Waals surface area contributed by atoms with Crippen LogP contribution in [0.3, 0.4) is 0 Å². The molecule has 0 rings (SSSR count). The highest BCUT2D eigenvalue weighted by atomic mass is 16.6. The smallest absolute Gasteiger partial charge is 0.306 e. The SMILES string of the molecule is CCCCCCCCCCCCCCCCCCCC(=O)OC[C@H](COC(=O)CCCCCCCCCCCCCCCCC(C)CC)OC(=O)CCCCCCCCCCCCC(C)CC. The summed E-state index contributed by atoms with van der Waals surface area (Å²) >= 11 is 0. The Morgan fingerprint density at radius 2 is 0.522 bits per heavy atom. The van der Waals surface area contributed by atoms with Crippen LogP contribution in [0.2, 0.25) is 0 Å². The minimum atomic E-state index is -0.763. The third kappa shape index (κ3) is 52.1. The van der Waals surface area contributed by atoms with Crippen LogP contribution in [0.5, 0.6) is 0 Å². The third-order valence-corrected chi connectivity index (χ3v) is 14.7. The zero-order valence-corrected chi connectivity index (χ0v) is 46.0. The van der Waals surface area contributed by atoms with Gasteiger partial charge < -0.3 is 14.2 Å². The Kier molecular flexibility index (Phi) is 52.5. The van der Waals surface area contributed by atoms with Crippen molar-refractivity contribution in [2.24, 2.45) is 11.8 Å². The fraction of sp³-hybridized carbons (Fsp3) is 0.951. The summed E-state index contributed by atoms with van der Waals surface area (Å²) in [6.45, 7) is 11.5. The van der Waals surface area contributed by atoms with Crippen LogP contribution in [0.15, 0.2) is 0 Å². The topological polar surface area (TPSA) is 78.9 Å². The molecule has 0 fully saturated rings. The predicted octanol–water partition coefficient (Wildman–Crippen LogP) is 20.0.